The highest BCUT2D eigenvalue weighted by Crippen LogP contribution is 2.29. The number of nitro benzene ring substituents is 2. The SMILES string of the molecule is CC(C)=CCC/C(C)=C/CC/C(C)=C/CSC[C@H](Nc1ccc([N+](=O)[O-])cc1[N+](=O)[O-])C(=O)O. The third-order valence-corrected chi connectivity index (χ3v) is 5.94. The predicted molar refractivity (Wildman–Crippen MR) is 138 cm³/mol. The first-order chi connectivity index (χ1) is 16.0. The topological polar surface area (TPSA) is 136 Å². The normalized spacial score (nSPS) is 12.7. The van der Waals surface area contributed by atoms with Crippen LogP contribution in [0.15, 0.2) is 53.1 Å². The third-order valence-electron chi connectivity index (χ3n) is 4.97. The fourth-order valence-electron chi connectivity index (χ4n) is 3.00. The summed E-state index contributed by atoms with van der Waals surface area (Å²) in [6, 6.07) is 2.00. The van der Waals surface area contributed by atoms with Gasteiger partial charge < -0.3 is 10.4 Å². The van der Waals surface area contributed by atoms with Crippen LogP contribution >= 0.6 is 11.8 Å². The summed E-state index contributed by atoms with van der Waals surface area (Å²) in [5.74, 6) is -0.367. The maximum absolute atomic E-state index is 11.6. The molecule has 186 valence electrons. The Morgan fingerprint density at radius 1 is 1.03 bits per heavy atom. The first kappa shape index (κ1) is 28.9. The number of benzene rings is 1. The molecule has 1 aromatic carbocycles. The number of rotatable bonds is 15. The number of carboxylic acid groups (broad SMARTS) is 1. The molecule has 0 aliphatic rings. The average Bonchev–Trinajstić information content (AvgIpc) is 2.75. The van der Waals surface area contributed by atoms with Gasteiger partial charge in [0.1, 0.15) is 11.7 Å². The molecule has 0 radical (unpaired) electrons. The molecule has 1 aromatic rings. The van der Waals surface area contributed by atoms with Crippen molar-refractivity contribution >= 4 is 34.8 Å². The van der Waals surface area contributed by atoms with Crippen molar-refractivity contribution in [3.63, 3.8) is 0 Å². The number of thioether (sulfide) groups is 1. The largest absolute Gasteiger partial charge is 0.480 e. The second-order valence-electron chi connectivity index (χ2n) is 8.25. The summed E-state index contributed by atoms with van der Waals surface area (Å²) >= 11 is 1.39. The van der Waals surface area contributed by atoms with Gasteiger partial charge in [-0.05, 0) is 59.4 Å². The first-order valence-corrected chi connectivity index (χ1v) is 12.1. The molecule has 0 aliphatic heterocycles. The molecule has 0 aliphatic carbocycles. The Kier molecular flexibility index (Phi) is 12.7. The van der Waals surface area contributed by atoms with E-state index in [1.54, 1.807) is 0 Å². The zero-order valence-corrected chi connectivity index (χ0v) is 20.9. The molecular weight excluding hydrogens is 458 g/mol. The number of hydrogen-bond acceptors (Lipinski definition) is 7. The minimum atomic E-state index is -1.16. The van der Waals surface area contributed by atoms with Gasteiger partial charge in [-0.25, -0.2) is 4.79 Å². The lowest BCUT2D eigenvalue weighted by molar-refractivity contribution is -0.393. The Balaban J connectivity index is 2.59. The van der Waals surface area contributed by atoms with Crippen LogP contribution in [0.5, 0.6) is 0 Å². The zero-order chi connectivity index (χ0) is 25.7. The Hall–Kier alpha value is -3.14. The Labute approximate surface area is 204 Å². The Bertz CT molecular complexity index is 967. The van der Waals surface area contributed by atoms with Gasteiger partial charge in [-0.2, -0.15) is 11.8 Å². The van der Waals surface area contributed by atoms with Crippen LogP contribution in [-0.2, 0) is 4.79 Å². The molecule has 0 saturated heterocycles. The molecule has 34 heavy (non-hydrogen) atoms. The zero-order valence-electron chi connectivity index (χ0n) is 20.1. The molecular formula is C24H33N3O6S. The quantitative estimate of drug-likeness (QED) is 0.122. The van der Waals surface area contributed by atoms with Crippen LogP contribution in [-0.4, -0.2) is 38.5 Å². The minimum Gasteiger partial charge on any atom is -0.480 e. The predicted octanol–water partition coefficient (Wildman–Crippen LogP) is 6.52. The molecule has 0 unspecified atom stereocenters. The number of non-ortho nitro benzene ring substituents is 1. The van der Waals surface area contributed by atoms with Crippen LogP contribution in [0.3, 0.4) is 0 Å². The number of hydrogen-bond donors (Lipinski definition) is 2. The molecule has 0 amide bonds. The maximum Gasteiger partial charge on any atom is 0.326 e. The number of nitro groups is 2. The van der Waals surface area contributed by atoms with E-state index in [-0.39, 0.29) is 11.4 Å². The molecule has 0 bridgehead atoms. The van der Waals surface area contributed by atoms with Crippen molar-refractivity contribution in [3.05, 3.63) is 73.4 Å². The van der Waals surface area contributed by atoms with Crippen LogP contribution in [0, 0.1) is 20.2 Å². The van der Waals surface area contributed by atoms with Gasteiger partial charge in [0.2, 0.25) is 0 Å². The molecule has 10 heteroatoms. The summed E-state index contributed by atoms with van der Waals surface area (Å²) in [7, 11) is 0. The van der Waals surface area contributed by atoms with E-state index in [9.17, 15) is 30.1 Å². The highest BCUT2D eigenvalue weighted by Gasteiger charge is 2.24. The van der Waals surface area contributed by atoms with Crippen LogP contribution in [0.2, 0.25) is 0 Å². The van der Waals surface area contributed by atoms with Crippen LogP contribution in [0.25, 0.3) is 0 Å². The van der Waals surface area contributed by atoms with E-state index in [4.69, 9.17) is 0 Å². The Morgan fingerprint density at radius 2 is 1.65 bits per heavy atom. The summed E-state index contributed by atoms with van der Waals surface area (Å²) in [4.78, 5) is 32.2. The fourth-order valence-corrected chi connectivity index (χ4v) is 4.00. The molecule has 0 aromatic heterocycles. The van der Waals surface area contributed by atoms with E-state index in [1.807, 2.05) is 6.92 Å². The lowest BCUT2D eigenvalue weighted by Crippen LogP contribution is -2.32. The highest BCUT2D eigenvalue weighted by molar-refractivity contribution is 7.99. The van der Waals surface area contributed by atoms with Crippen molar-refractivity contribution in [2.45, 2.75) is 59.4 Å². The summed E-state index contributed by atoms with van der Waals surface area (Å²) in [6.45, 7) is 8.38. The maximum atomic E-state index is 11.6. The van der Waals surface area contributed by atoms with Gasteiger partial charge in [0.15, 0.2) is 0 Å². The highest BCUT2D eigenvalue weighted by atomic mass is 32.2. The number of anilines is 1. The summed E-state index contributed by atoms with van der Waals surface area (Å²) in [6.07, 6.45) is 10.5. The van der Waals surface area contributed by atoms with E-state index in [1.165, 1.54) is 28.5 Å². The fraction of sp³-hybridized carbons (Fsp3) is 0.458. The number of carboxylic acids is 1. The first-order valence-electron chi connectivity index (χ1n) is 11.0. The van der Waals surface area contributed by atoms with E-state index >= 15 is 0 Å². The number of nitrogens with one attached hydrogen (secondary N) is 1. The van der Waals surface area contributed by atoms with Gasteiger partial charge in [-0.15, -0.1) is 0 Å². The second kappa shape index (κ2) is 14.9. The van der Waals surface area contributed by atoms with E-state index in [2.05, 4.69) is 44.3 Å². The number of carbonyl (C=O) groups is 1. The lowest BCUT2D eigenvalue weighted by atomic mass is 10.1. The van der Waals surface area contributed by atoms with Gasteiger partial charge in [0, 0.05) is 17.6 Å². The molecule has 0 heterocycles. The molecule has 2 N–H and O–H groups in total. The van der Waals surface area contributed by atoms with Crippen molar-refractivity contribution < 1.29 is 19.7 Å². The lowest BCUT2D eigenvalue weighted by Gasteiger charge is -2.15. The molecule has 9 nitrogen and oxygen atoms in total. The van der Waals surface area contributed by atoms with E-state index < -0.39 is 33.2 Å². The van der Waals surface area contributed by atoms with Crippen molar-refractivity contribution in [3.8, 4) is 0 Å². The van der Waals surface area contributed by atoms with Gasteiger partial charge in [-0.1, -0.05) is 34.9 Å². The van der Waals surface area contributed by atoms with Crippen LogP contribution in [0.4, 0.5) is 17.1 Å². The van der Waals surface area contributed by atoms with Crippen LogP contribution in [0.1, 0.15) is 53.4 Å². The smallest absolute Gasteiger partial charge is 0.326 e. The van der Waals surface area contributed by atoms with Gasteiger partial charge in [0.05, 0.1) is 15.9 Å². The second-order valence-corrected chi connectivity index (χ2v) is 9.32. The molecule has 0 fully saturated rings. The van der Waals surface area contributed by atoms with E-state index in [0.717, 1.165) is 43.9 Å². The van der Waals surface area contributed by atoms with Gasteiger partial charge in [-0.3, -0.25) is 20.2 Å². The van der Waals surface area contributed by atoms with Crippen molar-refractivity contribution in [1.82, 2.24) is 0 Å². The monoisotopic (exact) mass is 491 g/mol. The molecule has 0 saturated carbocycles. The average molecular weight is 492 g/mol. The summed E-state index contributed by atoms with van der Waals surface area (Å²) in [5, 5.41) is 34.3. The van der Waals surface area contributed by atoms with E-state index in [0.29, 0.717) is 5.75 Å². The van der Waals surface area contributed by atoms with Crippen molar-refractivity contribution in [1.29, 1.82) is 0 Å². The minimum absolute atomic E-state index is 0.0675. The van der Waals surface area contributed by atoms with Crippen molar-refractivity contribution in [2.24, 2.45) is 0 Å². The number of aliphatic carboxylic acids is 1. The number of nitrogens with zero attached hydrogens (tertiary/aromatic N) is 2. The van der Waals surface area contributed by atoms with Gasteiger partial charge in [0.25, 0.3) is 11.4 Å². The van der Waals surface area contributed by atoms with Gasteiger partial charge >= 0.3 is 5.97 Å². The molecule has 1 rings (SSSR count). The van der Waals surface area contributed by atoms with Crippen LogP contribution < -0.4 is 5.32 Å². The number of allylic oxidation sites excluding steroid dienone is 5. The third kappa shape index (κ3) is 11.1. The Morgan fingerprint density at radius 3 is 2.21 bits per heavy atom. The molecule has 1 atom stereocenters. The van der Waals surface area contributed by atoms with Crippen molar-refractivity contribution in [2.75, 3.05) is 16.8 Å². The summed E-state index contributed by atoms with van der Waals surface area (Å²) in [5.41, 5.74) is 2.88. The molecule has 0 spiro atoms. The summed E-state index contributed by atoms with van der Waals surface area (Å²) < 4.78 is 0. The standard InChI is InChI=1S/C24H33N3O6S/c1-17(2)7-5-8-18(3)9-6-10-19(4)13-14-34-16-22(24(28)29)25-21-12-11-20(26(30)31)15-23(21)27(32)33/h7,9,11-13,15,22,25H,5-6,8,10,14,16H2,1-4H3,(H,28,29)/b18-9+,19-13+/t22-/m0/s1.